The summed E-state index contributed by atoms with van der Waals surface area (Å²) in [6.45, 7) is 0.301. The lowest BCUT2D eigenvalue weighted by Gasteiger charge is -2.26. The van der Waals surface area contributed by atoms with Crippen LogP contribution in [0.15, 0.2) is 60.7 Å². The average Bonchev–Trinajstić information content (AvgIpc) is 2.57. The second kappa shape index (κ2) is 9.45. The second-order valence-corrected chi connectivity index (χ2v) is 7.00. The summed E-state index contributed by atoms with van der Waals surface area (Å²) >= 11 is 0. The van der Waals surface area contributed by atoms with Gasteiger partial charge in [0, 0.05) is 13.1 Å². The van der Waals surface area contributed by atoms with E-state index in [9.17, 15) is 4.57 Å². The average molecular weight is 351 g/mol. The van der Waals surface area contributed by atoms with Gasteiger partial charge in [0.05, 0.1) is 13.2 Å². The molecule has 0 saturated heterocycles. The molecular weight excluding hydrogens is 329 g/mol. The second-order valence-electron chi connectivity index (χ2n) is 5.13. The van der Waals surface area contributed by atoms with Crippen molar-refractivity contribution in [1.29, 1.82) is 0 Å². The van der Waals surface area contributed by atoms with E-state index in [1.807, 2.05) is 12.1 Å². The molecule has 0 atom stereocenters. The first-order valence-electron chi connectivity index (χ1n) is 7.67. The Morgan fingerprint density at radius 2 is 1.21 bits per heavy atom. The Labute approximate surface area is 141 Å². The third-order valence-corrected chi connectivity index (χ3v) is 4.91. The zero-order valence-electron chi connectivity index (χ0n) is 13.3. The SMILES string of the molecule is O=P(CN(CCO)CCO)(Oc1ccccc1)Oc1ccccc1. The first kappa shape index (κ1) is 18.5. The standard InChI is InChI=1S/C17H22NO5P/c19-13-11-18(12-14-20)15-24(21,22-16-7-3-1-4-8-16)23-17-9-5-2-6-10-17/h1-10,19-20H,11-15H2. The molecule has 0 saturated carbocycles. The maximum atomic E-state index is 13.3. The summed E-state index contributed by atoms with van der Waals surface area (Å²) < 4.78 is 24.6. The Kier molecular flexibility index (Phi) is 7.28. The molecule has 0 unspecified atom stereocenters. The number of aliphatic hydroxyl groups is 2. The number of hydrogen-bond acceptors (Lipinski definition) is 6. The molecule has 6 nitrogen and oxygen atoms in total. The zero-order valence-corrected chi connectivity index (χ0v) is 14.2. The first-order valence-corrected chi connectivity index (χ1v) is 9.40. The predicted octanol–water partition coefficient (Wildman–Crippen LogP) is 2.58. The Morgan fingerprint density at radius 3 is 1.58 bits per heavy atom. The lowest BCUT2D eigenvalue weighted by molar-refractivity contribution is 0.171. The Balaban J connectivity index is 2.20. The fraction of sp³-hybridized carbons (Fsp3) is 0.294. The van der Waals surface area contributed by atoms with E-state index < -0.39 is 7.60 Å². The van der Waals surface area contributed by atoms with Gasteiger partial charge in [-0.2, -0.15) is 0 Å². The highest BCUT2D eigenvalue weighted by Crippen LogP contribution is 2.48. The molecule has 0 amide bonds. The van der Waals surface area contributed by atoms with Crippen molar-refractivity contribution in [3.8, 4) is 11.5 Å². The minimum atomic E-state index is -3.57. The molecule has 130 valence electrons. The summed E-state index contributed by atoms with van der Waals surface area (Å²) in [6.07, 6.45) is -0.0437. The van der Waals surface area contributed by atoms with Gasteiger partial charge in [-0.3, -0.25) is 4.90 Å². The van der Waals surface area contributed by atoms with Crippen LogP contribution in [-0.4, -0.2) is 47.7 Å². The highest BCUT2D eigenvalue weighted by molar-refractivity contribution is 7.54. The van der Waals surface area contributed by atoms with Crippen molar-refractivity contribution in [2.45, 2.75) is 0 Å². The van der Waals surface area contributed by atoms with Crippen LogP contribution in [-0.2, 0) is 4.57 Å². The van der Waals surface area contributed by atoms with Crippen LogP contribution in [0, 0.1) is 0 Å². The molecule has 7 heteroatoms. The van der Waals surface area contributed by atoms with Gasteiger partial charge in [0.2, 0.25) is 0 Å². The van der Waals surface area contributed by atoms with Crippen LogP contribution >= 0.6 is 7.60 Å². The number of aliphatic hydroxyl groups excluding tert-OH is 2. The van der Waals surface area contributed by atoms with Crippen molar-refractivity contribution in [1.82, 2.24) is 4.90 Å². The molecule has 0 aliphatic carbocycles. The lowest BCUT2D eigenvalue weighted by atomic mass is 10.3. The summed E-state index contributed by atoms with van der Waals surface area (Å²) in [4.78, 5) is 1.65. The van der Waals surface area contributed by atoms with E-state index in [-0.39, 0.29) is 32.6 Å². The number of nitrogens with zero attached hydrogens (tertiary/aromatic N) is 1. The molecule has 2 rings (SSSR count). The van der Waals surface area contributed by atoms with Crippen LogP contribution in [0.3, 0.4) is 0 Å². The molecule has 0 aromatic heterocycles. The molecule has 2 aromatic rings. The van der Waals surface area contributed by atoms with Crippen molar-refractivity contribution >= 4 is 7.60 Å². The third-order valence-electron chi connectivity index (χ3n) is 3.18. The normalized spacial score (nSPS) is 11.5. The summed E-state index contributed by atoms with van der Waals surface area (Å²) in [5.41, 5.74) is 0. The van der Waals surface area contributed by atoms with E-state index in [1.54, 1.807) is 53.4 Å². The summed E-state index contributed by atoms with van der Waals surface area (Å²) in [7, 11) is -3.57. The molecule has 0 heterocycles. The Bertz CT molecular complexity index is 586. The van der Waals surface area contributed by atoms with Gasteiger partial charge in [0.1, 0.15) is 17.8 Å². The minimum absolute atomic E-state index is 0.0437. The van der Waals surface area contributed by atoms with Crippen LogP contribution in [0.4, 0.5) is 0 Å². The molecular formula is C17H22NO5P. The molecule has 0 aliphatic rings. The number of para-hydroxylation sites is 2. The zero-order chi connectivity index (χ0) is 17.3. The number of hydrogen-bond donors (Lipinski definition) is 2. The first-order chi connectivity index (χ1) is 11.6. The molecule has 0 spiro atoms. The van der Waals surface area contributed by atoms with Crippen molar-refractivity contribution < 1.29 is 23.8 Å². The summed E-state index contributed by atoms with van der Waals surface area (Å²) in [5.74, 6) is 0.870. The topological polar surface area (TPSA) is 79.2 Å². The highest BCUT2D eigenvalue weighted by Gasteiger charge is 2.31. The van der Waals surface area contributed by atoms with E-state index in [0.29, 0.717) is 11.5 Å². The van der Waals surface area contributed by atoms with Gasteiger partial charge in [0.25, 0.3) is 0 Å². The quantitative estimate of drug-likeness (QED) is 0.641. The highest BCUT2D eigenvalue weighted by atomic mass is 31.2. The van der Waals surface area contributed by atoms with Gasteiger partial charge in [-0.1, -0.05) is 36.4 Å². The molecule has 0 fully saturated rings. The van der Waals surface area contributed by atoms with Crippen LogP contribution < -0.4 is 9.05 Å². The fourth-order valence-electron chi connectivity index (χ4n) is 2.14. The maximum Gasteiger partial charge on any atom is 0.444 e. The Hall–Kier alpha value is -1.85. The molecule has 0 radical (unpaired) electrons. The maximum absolute atomic E-state index is 13.3. The van der Waals surface area contributed by atoms with Crippen molar-refractivity contribution in [2.24, 2.45) is 0 Å². The fourth-order valence-corrected chi connectivity index (χ4v) is 3.95. The summed E-state index contributed by atoms with van der Waals surface area (Å²) in [6, 6.07) is 17.6. The van der Waals surface area contributed by atoms with E-state index in [0.717, 1.165) is 0 Å². The van der Waals surface area contributed by atoms with Gasteiger partial charge >= 0.3 is 7.60 Å². The van der Waals surface area contributed by atoms with E-state index in [2.05, 4.69) is 0 Å². The number of benzene rings is 2. The van der Waals surface area contributed by atoms with Crippen molar-refractivity contribution in [2.75, 3.05) is 32.6 Å². The van der Waals surface area contributed by atoms with Gasteiger partial charge in [-0.05, 0) is 24.3 Å². The van der Waals surface area contributed by atoms with Crippen LogP contribution in [0.2, 0.25) is 0 Å². The smallest absolute Gasteiger partial charge is 0.415 e. The van der Waals surface area contributed by atoms with Gasteiger partial charge in [0.15, 0.2) is 0 Å². The van der Waals surface area contributed by atoms with Crippen LogP contribution in [0.1, 0.15) is 0 Å². The molecule has 2 aromatic carbocycles. The molecule has 0 bridgehead atoms. The van der Waals surface area contributed by atoms with Crippen LogP contribution in [0.5, 0.6) is 11.5 Å². The van der Waals surface area contributed by atoms with Crippen LogP contribution in [0.25, 0.3) is 0 Å². The summed E-state index contributed by atoms with van der Waals surface area (Å²) in [5, 5.41) is 18.3. The van der Waals surface area contributed by atoms with E-state index in [1.165, 1.54) is 0 Å². The molecule has 24 heavy (non-hydrogen) atoms. The van der Waals surface area contributed by atoms with Gasteiger partial charge in [-0.15, -0.1) is 0 Å². The van der Waals surface area contributed by atoms with Gasteiger partial charge in [-0.25, -0.2) is 4.57 Å². The molecule has 2 N–H and O–H groups in total. The van der Waals surface area contributed by atoms with Gasteiger partial charge < -0.3 is 19.3 Å². The number of rotatable bonds is 10. The lowest BCUT2D eigenvalue weighted by Crippen LogP contribution is -2.32. The van der Waals surface area contributed by atoms with Crippen molar-refractivity contribution in [3.05, 3.63) is 60.7 Å². The van der Waals surface area contributed by atoms with Crippen molar-refractivity contribution in [3.63, 3.8) is 0 Å². The minimum Gasteiger partial charge on any atom is -0.415 e. The molecule has 0 aliphatic heterocycles. The monoisotopic (exact) mass is 351 g/mol. The Morgan fingerprint density at radius 1 is 0.792 bits per heavy atom. The third kappa shape index (κ3) is 5.98. The van der Waals surface area contributed by atoms with E-state index in [4.69, 9.17) is 19.3 Å². The van der Waals surface area contributed by atoms with E-state index >= 15 is 0 Å². The predicted molar refractivity (Wildman–Crippen MR) is 92.4 cm³/mol. The largest absolute Gasteiger partial charge is 0.444 e.